The van der Waals surface area contributed by atoms with Gasteiger partial charge in [0.1, 0.15) is 36.5 Å². The first-order chi connectivity index (χ1) is 21.5. The highest BCUT2D eigenvalue weighted by Gasteiger charge is 2.31. The van der Waals surface area contributed by atoms with Gasteiger partial charge in [0.15, 0.2) is 0 Å². The number of likely N-dealkylation sites (tertiary alicyclic amines) is 1. The van der Waals surface area contributed by atoms with Crippen molar-refractivity contribution in [2.24, 2.45) is 0 Å². The number of aliphatic hydroxyl groups is 1. The van der Waals surface area contributed by atoms with E-state index in [1.54, 1.807) is 30.6 Å². The molecule has 7 nitrogen and oxygen atoms in total. The van der Waals surface area contributed by atoms with E-state index in [1.807, 2.05) is 38.1 Å². The number of hydrogen-bond acceptors (Lipinski definition) is 7. The molecule has 0 saturated carbocycles. The summed E-state index contributed by atoms with van der Waals surface area (Å²) in [6.07, 6.45) is 7.28. The Bertz CT molecular complexity index is 1630. The van der Waals surface area contributed by atoms with Gasteiger partial charge < -0.3 is 19.7 Å². The van der Waals surface area contributed by atoms with Crippen molar-refractivity contribution in [3.8, 4) is 34.4 Å². The average Bonchev–Trinajstić information content (AvgIpc) is 3.54. The zero-order valence-electron chi connectivity index (χ0n) is 25.8. The third-order valence-electron chi connectivity index (χ3n) is 8.60. The van der Waals surface area contributed by atoms with E-state index in [-0.39, 0.29) is 18.4 Å². The van der Waals surface area contributed by atoms with Crippen molar-refractivity contribution in [2.45, 2.75) is 72.3 Å². The van der Waals surface area contributed by atoms with Crippen LogP contribution in [0.25, 0.3) is 11.1 Å². The number of benzene rings is 3. The lowest BCUT2D eigenvalue weighted by molar-refractivity contribution is 0.0346. The van der Waals surface area contributed by atoms with E-state index in [0.717, 1.165) is 78.1 Å². The molecule has 0 bridgehead atoms. The molecule has 1 unspecified atom stereocenters. The van der Waals surface area contributed by atoms with Gasteiger partial charge in [0, 0.05) is 48.7 Å². The Balaban J connectivity index is 0.00000188. The summed E-state index contributed by atoms with van der Waals surface area (Å²) in [5.41, 5.74) is 9.46. The summed E-state index contributed by atoms with van der Waals surface area (Å²) in [5.74, 6) is 1.88. The summed E-state index contributed by atoms with van der Waals surface area (Å²) in [6.45, 7) is 8.68. The molecule has 3 aromatic carbocycles. The average molecular weight is 592 g/mol. The van der Waals surface area contributed by atoms with Crippen molar-refractivity contribution >= 4 is 0 Å². The Morgan fingerprint density at radius 3 is 2.48 bits per heavy atom. The molecule has 7 heteroatoms. The second kappa shape index (κ2) is 14.4. The number of nitrogens with zero attached hydrogens (tertiary/aromatic N) is 3. The van der Waals surface area contributed by atoms with Crippen molar-refractivity contribution in [1.29, 1.82) is 5.26 Å². The molecule has 4 aromatic rings. The number of aromatic nitrogens is 1. The van der Waals surface area contributed by atoms with E-state index in [1.165, 1.54) is 16.7 Å². The van der Waals surface area contributed by atoms with Crippen molar-refractivity contribution in [1.82, 2.24) is 9.88 Å². The highest BCUT2D eigenvalue weighted by Crippen LogP contribution is 2.41. The van der Waals surface area contributed by atoms with Crippen LogP contribution >= 0.6 is 0 Å². The SMILES string of the molecule is CC.Cc1c(COc2cc(OCc3cncc(C#N)c3)c(CN3CCC3CO)c3c2CCC3)cccc1-c1ccc(O)cc1. The lowest BCUT2D eigenvalue weighted by atomic mass is 9.96. The number of rotatable bonds is 10. The molecule has 2 heterocycles. The van der Waals surface area contributed by atoms with Gasteiger partial charge in [-0.05, 0) is 84.2 Å². The summed E-state index contributed by atoms with van der Waals surface area (Å²) in [4.78, 5) is 6.50. The first-order valence-electron chi connectivity index (χ1n) is 15.5. The van der Waals surface area contributed by atoms with Crippen molar-refractivity contribution in [2.75, 3.05) is 13.2 Å². The molecular weight excluding hydrogens is 550 g/mol. The third-order valence-corrected chi connectivity index (χ3v) is 8.60. The molecule has 0 amide bonds. The van der Waals surface area contributed by atoms with Gasteiger partial charge in [-0.3, -0.25) is 9.88 Å². The van der Waals surface area contributed by atoms with Crippen LogP contribution < -0.4 is 9.47 Å². The van der Waals surface area contributed by atoms with E-state index in [9.17, 15) is 15.5 Å². The lowest BCUT2D eigenvalue weighted by Crippen LogP contribution is -2.49. The van der Waals surface area contributed by atoms with Gasteiger partial charge >= 0.3 is 0 Å². The quantitative estimate of drug-likeness (QED) is 0.208. The minimum Gasteiger partial charge on any atom is -0.508 e. The van der Waals surface area contributed by atoms with Crippen LogP contribution in [0, 0.1) is 18.3 Å². The van der Waals surface area contributed by atoms with E-state index < -0.39 is 0 Å². The molecule has 1 saturated heterocycles. The maximum absolute atomic E-state index is 9.81. The van der Waals surface area contributed by atoms with Gasteiger partial charge in [0.05, 0.1) is 12.2 Å². The fraction of sp³-hybridized carbons (Fsp3) is 0.351. The molecular formula is C37H41N3O4. The van der Waals surface area contributed by atoms with Crippen molar-refractivity contribution in [3.63, 3.8) is 0 Å². The van der Waals surface area contributed by atoms with Crippen LogP contribution in [0.2, 0.25) is 0 Å². The molecule has 1 aromatic heterocycles. The van der Waals surface area contributed by atoms with Crippen LogP contribution in [-0.4, -0.2) is 39.3 Å². The smallest absolute Gasteiger partial charge is 0.128 e. The molecule has 0 radical (unpaired) electrons. The zero-order valence-corrected chi connectivity index (χ0v) is 25.8. The normalized spacial score (nSPS) is 15.4. The number of nitriles is 1. The van der Waals surface area contributed by atoms with Gasteiger partial charge in [-0.25, -0.2) is 0 Å². The minimum atomic E-state index is 0.161. The monoisotopic (exact) mass is 591 g/mol. The number of pyridine rings is 1. The first kappa shape index (κ1) is 31.1. The van der Waals surface area contributed by atoms with E-state index in [0.29, 0.717) is 18.8 Å². The molecule has 2 N–H and O–H groups in total. The summed E-state index contributed by atoms with van der Waals surface area (Å²) >= 11 is 0. The number of aliphatic hydroxyl groups excluding tert-OH is 1. The van der Waals surface area contributed by atoms with E-state index in [4.69, 9.17) is 9.47 Å². The van der Waals surface area contributed by atoms with Gasteiger partial charge in [0.25, 0.3) is 0 Å². The van der Waals surface area contributed by atoms with Gasteiger partial charge in [0.2, 0.25) is 0 Å². The van der Waals surface area contributed by atoms with Crippen molar-refractivity contribution in [3.05, 3.63) is 106 Å². The van der Waals surface area contributed by atoms with Gasteiger partial charge in [-0.15, -0.1) is 0 Å². The number of phenols is 1. The first-order valence-corrected chi connectivity index (χ1v) is 15.5. The van der Waals surface area contributed by atoms with Crippen LogP contribution in [0.5, 0.6) is 17.2 Å². The molecule has 0 spiro atoms. The number of phenolic OH excluding ortho intramolecular Hbond substituents is 1. The van der Waals surface area contributed by atoms with Crippen LogP contribution in [-0.2, 0) is 32.6 Å². The predicted molar refractivity (Wildman–Crippen MR) is 172 cm³/mol. The molecule has 228 valence electrons. The topological polar surface area (TPSA) is 98.8 Å². The lowest BCUT2D eigenvalue weighted by Gasteiger charge is -2.40. The van der Waals surface area contributed by atoms with Crippen LogP contribution in [0.15, 0.2) is 67.0 Å². The summed E-state index contributed by atoms with van der Waals surface area (Å²) in [7, 11) is 0. The molecule has 1 aliphatic carbocycles. The van der Waals surface area contributed by atoms with Crippen LogP contribution in [0.1, 0.15) is 65.6 Å². The summed E-state index contributed by atoms with van der Waals surface area (Å²) < 4.78 is 13.0. The van der Waals surface area contributed by atoms with E-state index >= 15 is 0 Å². The summed E-state index contributed by atoms with van der Waals surface area (Å²) in [6, 6.07) is 19.7. The van der Waals surface area contributed by atoms with Gasteiger partial charge in [-0.2, -0.15) is 5.26 Å². The second-order valence-electron chi connectivity index (χ2n) is 11.2. The minimum absolute atomic E-state index is 0.161. The number of fused-ring (bicyclic) bond motifs is 1. The molecule has 1 aliphatic heterocycles. The maximum atomic E-state index is 9.81. The highest BCUT2D eigenvalue weighted by atomic mass is 16.5. The third kappa shape index (κ3) is 6.72. The standard InChI is InChI=1S/C35H35N3O4.C2H6/c1-23-27(4-2-5-30(23)26-8-10-29(40)11-9-26)22-42-34-15-35(41-21-25-14-24(16-36)17-37-18-25)33(31-6-3-7-32(31)34)19-38-13-12-28(38)20-39;1-2/h2,4-5,8-11,14-15,17-18,28,39-40H,3,6-7,12-13,19-22H2,1H3;1-2H3. The second-order valence-corrected chi connectivity index (χ2v) is 11.2. The van der Waals surface area contributed by atoms with Gasteiger partial charge in [-0.1, -0.05) is 44.2 Å². The van der Waals surface area contributed by atoms with Crippen molar-refractivity contribution < 1.29 is 19.7 Å². The molecule has 1 atom stereocenters. The number of hydrogen-bond donors (Lipinski definition) is 2. The zero-order chi connectivity index (χ0) is 31.1. The van der Waals surface area contributed by atoms with Crippen LogP contribution in [0.4, 0.5) is 0 Å². The molecule has 6 rings (SSSR count). The Morgan fingerprint density at radius 2 is 1.75 bits per heavy atom. The Labute approximate surface area is 260 Å². The Hall–Kier alpha value is -4.38. The molecule has 44 heavy (non-hydrogen) atoms. The molecule has 1 fully saturated rings. The summed E-state index contributed by atoms with van der Waals surface area (Å²) in [5, 5.41) is 28.8. The Kier molecular flexibility index (Phi) is 10.2. The fourth-order valence-electron chi connectivity index (χ4n) is 6.07. The predicted octanol–water partition coefficient (Wildman–Crippen LogP) is 6.87. The van der Waals surface area contributed by atoms with E-state index in [2.05, 4.69) is 35.0 Å². The number of ether oxygens (including phenoxy) is 2. The Morgan fingerprint density at radius 1 is 0.977 bits per heavy atom. The molecule has 2 aliphatic rings. The fourth-order valence-corrected chi connectivity index (χ4v) is 6.07. The van der Waals surface area contributed by atoms with Crippen LogP contribution in [0.3, 0.4) is 0 Å². The highest BCUT2D eigenvalue weighted by molar-refractivity contribution is 5.69. The number of aromatic hydroxyl groups is 1. The maximum Gasteiger partial charge on any atom is 0.128 e. The largest absolute Gasteiger partial charge is 0.508 e.